The number of aryl methyl sites for hydroxylation is 1. The van der Waals surface area contributed by atoms with E-state index in [4.69, 9.17) is 10.5 Å². The highest BCUT2D eigenvalue weighted by atomic mass is 16.5. The second kappa shape index (κ2) is 13.0. The van der Waals surface area contributed by atoms with Crippen LogP contribution >= 0.6 is 0 Å². The van der Waals surface area contributed by atoms with Crippen LogP contribution < -0.4 is 26.7 Å². The molecule has 2 aromatic heterocycles. The van der Waals surface area contributed by atoms with Gasteiger partial charge in [0.2, 0.25) is 0 Å². The Kier molecular flexibility index (Phi) is 9.45. The van der Waals surface area contributed by atoms with E-state index >= 15 is 0 Å². The number of methoxy groups -OCH3 is 1. The van der Waals surface area contributed by atoms with Crippen molar-refractivity contribution in [1.82, 2.24) is 9.55 Å². The fraction of sp³-hybridized carbons (Fsp3) is 0.364. The van der Waals surface area contributed by atoms with Crippen LogP contribution in [0.2, 0.25) is 0 Å². The highest BCUT2D eigenvalue weighted by Crippen LogP contribution is 2.36. The summed E-state index contributed by atoms with van der Waals surface area (Å²) < 4.78 is 7.14. The molecule has 4 rings (SSSR count). The number of aromatic nitrogens is 2. The average Bonchev–Trinajstić information content (AvgIpc) is 2.97. The number of nitrogens with zero attached hydrogens (tertiary/aromatic N) is 2. The van der Waals surface area contributed by atoms with Crippen molar-refractivity contribution in [3.05, 3.63) is 81.8 Å². The normalized spacial score (nSPS) is 11.3. The number of rotatable bonds is 10. The Balaban J connectivity index is 1.90. The van der Waals surface area contributed by atoms with Crippen molar-refractivity contribution in [3.8, 4) is 16.9 Å². The molecule has 8 nitrogen and oxygen atoms in total. The lowest BCUT2D eigenvalue weighted by atomic mass is 9.90. The number of nitrogens with two attached hydrogens (primary N) is 1. The number of unbranched alkanes of at least 4 members (excludes halogenated alkanes) is 1. The summed E-state index contributed by atoms with van der Waals surface area (Å²) in [5, 5.41) is 6.83. The smallest absolute Gasteiger partial charge is 0.323 e. The van der Waals surface area contributed by atoms with E-state index in [-0.39, 0.29) is 23.1 Å². The van der Waals surface area contributed by atoms with Gasteiger partial charge in [0.15, 0.2) is 0 Å². The molecule has 0 bridgehead atoms. The molecule has 0 atom stereocenters. The van der Waals surface area contributed by atoms with E-state index in [0.717, 1.165) is 46.2 Å². The first-order chi connectivity index (χ1) is 19.7. The molecular weight excluding hydrogens is 514 g/mol. The number of pyridine rings is 2. The Labute approximate surface area is 241 Å². The van der Waals surface area contributed by atoms with Gasteiger partial charge in [-0.3, -0.25) is 9.36 Å². The van der Waals surface area contributed by atoms with Crippen LogP contribution in [0.3, 0.4) is 0 Å². The maximum atomic E-state index is 14.1. The first kappa shape index (κ1) is 29.8. The van der Waals surface area contributed by atoms with Crippen LogP contribution in [-0.4, -0.2) is 22.7 Å². The van der Waals surface area contributed by atoms with Gasteiger partial charge in [0.1, 0.15) is 17.1 Å². The topological polar surface area (TPSA) is 111 Å². The Morgan fingerprint density at radius 1 is 1.00 bits per heavy atom. The average molecular weight is 556 g/mol. The van der Waals surface area contributed by atoms with Crippen LogP contribution in [-0.2, 0) is 13.1 Å². The summed E-state index contributed by atoms with van der Waals surface area (Å²) in [5.74, 6) is 0.951. The van der Waals surface area contributed by atoms with Gasteiger partial charge in [-0.1, -0.05) is 65.3 Å². The molecular formula is C33H41N5O3. The molecule has 0 aliphatic heterocycles. The maximum Gasteiger partial charge on any atom is 0.323 e. The molecule has 8 heteroatoms. The second-order valence-corrected chi connectivity index (χ2v) is 10.9. The number of nitrogens with one attached hydrogen (secondary N) is 2. The zero-order valence-corrected chi connectivity index (χ0v) is 24.9. The first-order valence-corrected chi connectivity index (χ1v) is 14.3. The summed E-state index contributed by atoms with van der Waals surface area (Å²) in [5.41, 5.74) is 11.6. The number of hydrogen-bond acceptors (Lipinski definition) is 5. The molecule has 0 aliphatic carbocycles. The molecule has 0 radical (unpaired) electrons. The summed E-state index contributed by atoms with van der Waals surface area (Å²) in [6, 6.07) is 14.9. The van der Waals surface area contributed by atoms with Gasteiger partial charge in [-0.15, -0.1) is 0 Å². The molecule has 2 heterocycles. The van der Waals surface area contributed by atoms with E-state index in [1.807, 2.05) is 48.5 Å². The van der Waals surface area contributed by atoms with Crippen molar-refractivity contribution in [1.29, 1.82) is 0 Å². The van der Waals surface area contributed by atoms with Crippen LogP contribution in [0, 0.1) is 0 Å². The molecule has 2 amide bonds. The van der Waals surface area contributed by atoms with Crippen LogP contribution in [0.25, 0.3) is 22.2 Å². The van der Waals surface area contributed by atoms with Gasteiger partial charge in [-0.2, -0.15) is 0 Å². The number of fused-ring (bicyclic) bond motifs is 1. The summed E-state index contributed by atoms with van der Waals surface area (Å²) in [6.07, 6.45) is 3.40. The Hall–Kier alpha value is -4.17. The highest BCUT2D eigenvalue weighted by Gasteiger charge is 2.23. The summed E-state index contributed by atoms with van der Waals surface area (Å²) in [7, 11) is 1.60. The Morgan fingerprint density at radius 3 is 2.29 bits per heavy atom. The molecule has 0 saturated heterocycles. The number of benzene rings is 2. The Bertz CT molecular complexity index is 1580. The molecule has 0 spiro atoms. The number of amides is 2. The third kappa shape index (κ3) is 6.28. The van der Waals surface area contributed by atoms with Gasteiger partial charge in [0.05, 0.1) is 7.11 Å². The lowest BCUT2D eigenvalue weighted by molar-refractivity contribution is 0.262. The zero-order valence-electron chi connectivity index (χ0n) is 24.9. The minimum Gasteiger partial charge on any atom is -0.497 e. The molecule has 4 N–H and O–H groups in total. The molecule has 41 heavy (non-hydrogen) atoms. The Morgan fingerprint density at radius 2 is 1.68 bits per heavy atom. The number of urea groups is 1. The second-order valence-electron chi connectivity index (χ2n) is 10.9. The van der Waals surface area contributed by atoms with Gasteiger partial charge in [-0.25, -0.2) is 9.78 Å². The van der Waals surface area contributed by atoms with Gasteiger partial charge in [0, 0.05) is 35.9 Å². The van der Waals surface area contributed by atoms with E-state index in [2.05, 4.69) is 50.2 Å². The van der Waals surface area contributed by atoms with Crippen LogP contribution in [0.4, 0.5) is 16.2 Å². The lowest BCUT2D eigenvalue weighted by Gasteiger charge is -2.23. The van der Waals surface area contributed by atoms with Crippen molar-refractivity contribution in [3.63, 3.8) is 0 Å². The van der Waals surface area contributed by atoms with Crippen molar-refractivity contribution in [2.45, 2.75) is 72.4 Å². The predicted molar refractivity (Wildman–Crippen MR) is 168 cm³/mol. The van der Waals surface area contributed by atoms with Crippen molar-refractivity contribution in [2.24, 2.45) is 5.73 Å². The molecule has 4 aromatic rings. The SMILES string of the molecule is CCCCn1c(=O)c(NC(=O)Nc2c(C(C)C)cc(CN)cc2C(C)C)c(-c2cccc(OC)c2)c2cccnc21. The summed E-state index contributed by atoms with van der Waals surface area (Å²) >= 11 is 0. The molecule has 216 valence electrons. The standard InChI is InChI=1S/C33H41N5O3/c1-7-8-15-38-31-25(13-10-14-35-31)28(23-11-9-12-24(18-23)41-6)30(32(38)39)37-33(40)36-29-26(20(2)3)16-22(19-34)17-27(29)21(4)5/h9-14,16-18,20-21H,7-8,15,19,34H2,1-6H3,(H2,36,37,40). The van der Waals surface area contributed by atoms with Crippen molar-refractivity contribution >= 4 is 28.4 Å². The fourth-order valence-corrected chi connectivity index (χ4v) is 5.18. The summed E-state index contributed by atoms with van der Waals surface area (Å²) in [6.45, 7) is 11.3. The number of hydrogen-bond donors (Lipinski definition) is 3. The quantitative estimate of drug-likeness (QED) is 0.191. The largest absolute Gasteiger partial charge is 0.497 e. The van der Waals surface area contributed by atoms with Crippen LogP contribution in [0.15, 0.2) is 59.5 Å². The minimum atomic E-state index is -0.485. The highest BCUT2D eigenvalue weighted by molar-refractivity contribution is 6.07. The number of ether oxygens (including phenoxy) is 1. The van der Waals surface area contributed by atoms with E-state index in [1.165, 1.54) is 0 Å². The molecule has 0 aliphatic rings. The third-order valence-electron chi connectivity index (χ3n) is 7.33. The van der Waals surface area contributed by atoms with Crippen molar-refractivity contribution in [2.75, 3.05) is 17.7 Å². The van der Waals surface area contributed by atoms with Gasteiger partial charge in [-0.05, 0) is 64.8 Å². The predicted octanol–water partition coefficient (Wildman–Crippen LogP) is 7.22. The molecule has 0 fully saturated rings. The van der Waals surface area contributed by atoms with Crippen LogP contribution in [0.1, 0.15) is 76.0 Å². The number of anilines is 2. The summed E-state index contributed by atoms with van der Waals surface area (Å²) in [4.78, 5) is 32.4. The minimum absolute atomic E-state index is 0.152. The van der Waals surface area contributed by atoms with Gasteiger partial charge in [0.25, 0.3) is 5.56 Å². The van der Waals surface area contributed by atoms with Crippen LogP contribution in [0.5, 0.6) is 5.75 Å². The third-order valence-corrected chi connectivity index (χ3v) is 7.33. The van der Waals surface area contributed by atoms with E-state index in [1.54, 1.807) is 17.9 Å². The number of carbonyl (C=O) groups is 1. The molecule has 0 unspecified atom stereocenters. The fourth-order valence-electron chi connectivity index (χ4n) is 5.18. The first-order valence-electron chi connectivity index (χ1n) is 14.3. The van der Waals surface area contributed by atoms with E-state index in [9.17, 15) is 9.59 Å². The monoisotopic (exact) mass is 555 g/mol. The lowest BCUT2D eigenvalue weighted by Crippen LogP contribution is -2.30. The zero-order chi connectivity index (χ0) is 29.7. The van der Waals surface area contributed by atoms with E-state index in [0.29, 0.717) is 30.0 Å². The van der Waals surface area contributed by atoms with Gasteiger partial charge >= 0.3 is 6.03 Å². The van der Waals surface area contributed by atoms with E-state index < -0.39 is 6.03 Å². The molecule has 0 saturated carbocycles. The van der Waals surface area contributed by atoms with Crippen molar-refractivity contribution < 1.29 is 9.53 Å². The van der Waals surface area contributed by atoms with Gasteiger partial charge < -0.3 is 21.1 Å². The number of carbonyl (C=O) groups excluding carboxylic acids is 1. The maximum absolute atomic E-state index is 14.1. The molecule has 2 aromatic carbocycles.